The number of carbonyl (C=O) groups excluding carboxylic acids is 3. The number of likely N-dealkylation sites (tertiary alicyclic amines) is 1. The van der Waals surface area contributed by atoms with Crippen LogP contribution in [0.2, 0.25) is 0 Å². The van der Waals surface area contributed by atoms with Gasteiger partial charge in [-0.25, -0.2) is 0 Å². The average Bonchev–Trinajstić information content (AvgIpc) is 3.21. The Bertz CT molecular complexity index is 1070. The van der Waals surface area contributed by atoms with Gasteiger partial charge in [-0.1, -0.05) is 68.5 Å². The van der Waals surface area contributed by atoms with Crippen LogP contribution >= 0.6 is 11.8 Å². The van der Waals surface area contributed by atoms with Gasteiger partial charge in [0, 0.05) is 31.4 Å². The summed E-state index contributed by atoms with van der Waals surface area (Å²) in [6, 6.07) is 8.62. The minimum absolute atomic E-state index is 0.00143. The van der Waals surface area contributed by atoms with Crippen LogP contribution in [0.25, 0.3) is 0 Å². The van der Waals surface area contributed by atoms with E-state index in [-0.39, 0.29) is 29.6 Å². The maximum atomic E-state index is 14.3. The number of nitrogens with zero attached hydrogens (tertiary/aromatic N) is 3. The number of hydrogen-bond donors (Lipinski definition) is 1. The largest absolute Gasteiger partial charge is 0.394 e. The standard InChI is InChI=1S/C28H35N3O4S/c1-3-14-29-15-8-12-21-22(25(29)33)23-26(34)31(20(4-2)18-32)24-27(35)30(16-9-13-28(23,24)36-21)17-19-10-6-5-7-11-19/h5-13,20-24,32H,3-4,14-18H2,1-2H3/t20-,21+,22-,23-,24?,28-/m0/s1. The van der Waals surface area contributed by atoms with Crippen LogP contribution in [0.3, 0.4) is 0 Å². The van der Waals surface area contributed by atoms with E-state index in [1.165, 1.54) is 0 Å². The van der Waals surface area contributed by atoms with Crippen molar-refractivity contribution < 1.29 is 19.5 Å². The van der Waals surface area contributed by atoms with Gasteiger partial charge in [0.2, 0.25) is 17.7 Å². The van der Waals surface area contributed by atoms with E-state index in [0.29, 0.717) is 32.6 Å². The van der Waals surface area contributed by atoms with Crippen LogP contribution in [0.15, 0.2) is 54.6 Å². The van der Waals surface area contributed by atoms with E-state index in [9.17, 15) is 19.5 Å². The molecule has 5 rings (SSSR count). The summed E-state index contributed by atoms with van der Waals surface area (Å²) in [4.78, 5) is 47.6. The highest BCUT2D eigenvalue weighted by molar-refractivity contribution is 8.02. The van der Waals surface area contributed by atoms with Crippen molar-refractivity contribution in [3.8, 4) is 0 Å². The maximum absolute atomic E-state index is 14.3. The van der Waals surface area contributed by atoms with Gasteiger partial charge >= 0.3 is 0 Å². The van der Waals surface area contributed by atoms with Crippen molar-refractivity contribution in [2.24, 2.45) is 11.8 Å². The molecule has 4 heterocycles. The van der Waals surface area contributed by atoms with Gasteiger partial charge in [0.05, 0.1) is 29.2 Å². The van der Waals surface area contributed by atoms with E-state index < -0.39 is 28.7 Å². The van der Waals surface area contributed by atoms with E-state index in [1.54, 1.807) is 21.6 Å². The number of aliphatic hydroxyl groups is 1. The monoisotopic (exact) mass is 509 g/mol. The second-order valence-electron chi connectivity index (χ2n) is 10.2. The number of amides is 3. The fourth-order valence-electron chi connectivity index (χ4n) is 6.40. The lowest BCUT2D eigenvalue weighted by molar-refractivity contribution is -0.147. The molecule has 0 radical (unpaired) electrons. The van der Waals surface area contributed by atoms with Crippen molar-refractivity contribution in [3.05, 3.63) is 60.2 Å². The van der Waals surface area contributed by atoms with Crippen molar-refractivity contribution >= 4 is 29.5 Å². The first-order valence-corrected chi connectivity index (χ1v) is 13.9. The summed E-state index contributed by atoms with van der Waals surface area (Å²) < 4.78 is -0.841. The lowest BCUT2D eigenvalue weighted by Gasteiger charge is -2.38. The molecule has 0 aliphatic carbocycles. The summed E-state index contributed by atoms with van der Waals surface area (Å²) in [6.07, 6.45) is 9.52. The van der Waals surface area contributed by atoms with E-state index in [1.807, 2.05) is 67.3 Å². The molecular formula is C28H35N3O4S. The Morgan fingerprint density at radius 2 is 1.78 bits per heavy atom. The third kappa shape index (κ3) is 3.89. The molecule has 0 saturated carbocycles. The Morgan fingerprint density at radius 1 is 1.03 bits per heavy atom. The summed E-state index contributed by atoms with van der Waals surface area (Å²) >= 11 is 1.59. The number of fused-ring (bicyclic) bond motifs is 2. The lowest BCUT2D eigenvalue weighted by atomic mass is 9.78. The van der Waals surface area contributed by atoms with Crippen molar-refractivity contribution in [2.45, 2.75) is 55.3 Å². The molecule has 1 aromatic rings. The molecule has 2 fully saturated rings. The molecule has 6 atom stereocenters. The second kappa shape index (κ2) is 10.1. The predicted octanol–water partition coefficient (Wildman–Crippen LogP) is 2.46. The molecule has 2 saturated heterocycles. The third-order valence-corrected chi connectivity index (χ3v) is 9.79. The van der Waals surface area contributed by atoms with Crippen LogP contribution in [-0.2, 0) is 20.9 Å². The Hall–Kier alpha value is -2.58. The zero-order chi connectivity index (χ0) is 25.4. The molecule has 1 spiro atoms. The van der Waals surface area contributed by atoms with Crippen LogP contribution in [0, 0.1) is 11.8 Å². The normalized spacial score (nSPS) is 32.3. The summed E-state index contributed by atoms with van der Waals surface area (Å²) in [7, 11) is 0. The molecule has 4 aliphatic heterocycles. The van der Waals surface area contributed by atoms with E-state index in [4.69, 9.17) is 0 Å². The molecule has 3 amide bonds. The predicted molar refractivity (Wildman–Crippen MR) is 140 cm³/mol. The van der Waals surface area contributed by atoms with Crippen LogP contribution in [0.4, 0.5) is 0 Å². The van der Waals surface area contributed by atoms with Crippen LogP contribution in [0.1, 0.15) is 32.3 Å². The molecule has 192 valence electrons. The first kappa shape index (κ1) is 25.1. The molecule has 7 nitrogen and oxygen atoms in total. The zero-order valence-electron chi connectivity index (χ0n) is 21.0. The summed E-state index contributed by atoms with van der Waals surface area (Å²) in [6.45, 7) is 5.83. The highest BCUT2D eigenvalue weighted by Gasteiger charge is 2.71. The Labute approximate surface area is 217 Å². The van der Waals surface area contributed by atoms with Gasteiger partial charge in [-0.05, 0) is 18.4 Å². The van der Waals surface area contributed by atoms with Crippen molar-refractivity contribution in [1.29, 1.82) is 0 Å². The zero-order valence-corrected chi connectivity index (χ0v) is 21.8. The second-order valence-corrected chi connectivity index (χ2v) is 11.6. The molecule has 0 bridgehead atoms. The average molecular weight is 510 g/mol. The van der Waals surface area contributed by atoms with Gasteiger partial charge in [0.25, 0.3) is 0 Å². The Morgan fingerprint density at radius 3 is 2.47 bits per heavy atom. The molecule has 0 aromatic heterocycles. The topological polar surface area (TPSA) is 81.2 Å². The molecule has 1 unspecified atom stereocenters. The molecule has 1 N–H and O–H groups in total. The molecular weight excluding hydrogens is 474 g/mol. The number of benzene rings is 1. The number of rotatable bonds is 7. The molecule has 36 heavy (non-hydrogen) atoms. The van der Waals surface area contributed by atoms with Crippen molar-refractivity contribution in [1.82, 2.24) is 14.7 Å². The van der Waals surface area contributed by atoms with E-state index in [2.05, 4.69) is 6.08 Å². The van der Waals surface area contributed by atoms with E-state index >= 15 is 0 Å². The van der Waals surface area contributed by atoms with E-state index in [0.717, 1.165) is 12.0 Å². The van der Waals surface area contributed by atoms with Crippen molar-refractivity contribution in [2.75, 3.05) is 26.2 Å². The number of hydrogen-bond acceptors (Lipinski definition) is 5. The SMILES string of the molecule is CCCN1CC=C[C@H]2S[C@]34C=CCN(Cc5ccccc5)C(=O)C3N([C@@H](CC)CO)C(=O)[C@@H]4[C@H]2C1=O. The summed E-state index contributed by atoms with van der Waals surface area (Å²) in [5, 5.41) is 10.1. The van der Waals surface area contributed by atoms with Crippen LogP contribution < -0.4 is 0 Å². The minimum Gasteiger partial charge on any atom is -0.394 e. The van der Waals surface area contributed by atoms with Crippen LogP contribution in [0.5, 0.6) is 0 Å². The Balaban J connectivity index is 1.58. The molecule has 8 heteroatoms. The number of carbonyl (C=O) groups is 3. The van der Waals surface area contributed by atoms with Crippen LogP contribution in [-0.4, -0.2) is 85.8 Å². The minimum atomic E-state index is -0.841. The highest BCUT2D eigenvalue weighted by atomic mass is 32.2. The number of thioether (sulfide) groups is 1. The first-order chi connectivity index (χ1) is 17.5. The number of aliphatic hydroxyl groups excluding tert-OH is 1. The Kier molecular flexibility index (Phi) is 7.01. The highest BCUT2D eigenvalue weighted by Crippen LogP contribution is 2.61. The summed E-state index contributed by atoms with van der Waals surface area (Å²) in [5.74, 6) is -1.45. The van der Waals surface area contributed by atoms with Gasteiger partial charge < -0.3 is 19.8 Å². The fraction of sp³-hybridized carbons (Fsp3) is 0.536. The summed E-state index contributed by atoms with van der Waals surface area (Å²) in [5.41, 5.74) is 1.02. The fourth-order valence-corrected chi connectivity index (χ4v) is 8.39. The van der Waals surface area contributed by atoms with Gasteiger partial charge in [0.15, 0.2) is 0 Å². The first-order valence-electron chi connectivity index (χ1n) is 13.0. The molecule has 1 aromatic carbocycles. The third-order valence-electron chi connectivity index (χ3n) is 8.05. The van der Waals surface area contributed by atoms with Gasteiger partial charge in [0.1, 0.15) is 6.04 Å². The smallest absolute Gasteiger partial charge is 0.247 e. The van der Waals surface area contributed by atoms with Crippen molar-refractivity contribution in [3.63, 3.8) is 0 Å². The molecule has 4 aliphatic rings. The quantitative estimate of drug-likeness (QED) is 0.571. The van der Waals surface area contributed by atoms with Gasteiger partial charge in [-0.3, -0.25) is 14.4 Å². The van der Waals surface area contributed by atoms with Gasteiger partial charge in [-0.2, -0.15) is 0 Å². The lowest BCUT2D eigenvalue weighted by Crippen LogP contribution is -2.56. The maximum Gasteiger partial charge on any atom is 0.247 e. The van der Waals surface area contributed by atoms with Gasteiger partial charge in [-0.15, -0.1) is 11.8 Å².